The van der Waals surface area contributed by atoms with Crippen molar-refractivity contribution >= 4 is 7.60 Å². The van der Waals surface area contributed by atoms with E-state index >= 15 is 0 Å². The SMILES string of the molecule is C[C@@H]1O[C@]2(F)COP(C)(=O)O[C@H]2[C@H]1F. The Morgan fingerprint density at radius 2 is 2.21 bits per heavy atom. The van der Waals surface area contributed by atoms with Gasteiger partial charge in [0.15, 0.2) is 12.3 Å². The minimum atomic E-state index is -3.32. The van der Waals surface area contributed by atoms with Crippen molar-refractivity contribution in [1.29, 1.82) is 0 Å². The van der Waals surface area contributed by atoms with Crippen molar-refractivity contribution in [2.45, 2.75) is 31.2 Å². The van der Waals surface area contributed by atoms with Crippen molar-refractivity contribution in [2.24, 2.45) is 0 Å². The molecular weight excluding hydrogens is 217 g/mol. The lowest BCUT2D eigenvalue weighted by atomic mass is 10.1. The number of ether oxygens (including phenoxy) is 1. The van der Waals surface area contributed by atoms with Crippen molar-refractivity contribution in [3.63, 3.8) is 0 Å². The summed E-state index contributed by atoms with van der Waals surface area (Å²) in [5.41, 5.74) is 0. The Kier molecular flexibility index (Phi) is 2.23. The summed E-state index contributed by atoms with van der Waals surface area (Å²) in [5.74, 6) is -2.30. The number of rotatable bonds is 0. The lowest BCUT2D eigenvalue weighted by Crippen LogP contribution is -2.46. The summed E-state index contributed by atoms with van der Waals surface area (Å²) in [7, 11) is -3.32. The third-order valence-electron chi connectivity index (χ3n) is 2.35. The predicted octanol–water partition coefficient (Wildman–Crippen LogP) is 1.65. The number of hydrogen-bond acceptors (Lipinski definition) is 4. The first-order chi connectivity index (χ1) is 6.34. The van der Waals surface area contributed by atoms with Gasteiger partial charge in [-0.05, 0) is 6.92 Å². The second-order valence-electron chi connectivity index (χ2n) is 3.62. The monoisotopic (exact) mass is 228 g/mol. The van der Waals surface area contributed by atoms with Crippen LogP contribution in [-0.2, 0) is 18.3 Å². The molecule has 2 fully saturated rings. The molecule has 14 heavy (non-hydrogen) atoms. The van der Waals surface area contributed by atoms with Gasteiger partial charge in [0.05, 0.1) is 6.10 Å². The predicted molar refractivity (Wildman–Crippen MR) is 43.6 cm³/mol. The maximum Gasteiger partial charge on any atom is 0.328 e. The van der Waals surface area contributed by atoms with Gasteiger partial charge in [-0.15, -0.1) is 0 Å². The molecule has 0 N–H and O–H groups in total. The van der Waals surface area contributed by atoms with Crippen LogP contribution in [-0.4, -0.2) is 37.5 Å². The summed E-state index contributed by atoms with van der Waals surface area (Å²) in [6.45, 7) is 2.03. The molecule has 2 saturated heterocycles. The molecule has 4 nitrogen and oxygen atoms in total. The fraction of sp³-hybridized carbons (Fsp3) is 1.00. The molecule has 0 aliphatic carbocycles. The molecule has 5 atom stereocenters. The molecule has 0 radical (unpaired) electrons. The average molecular weight is 228 g/mol. The van der Waals surface area contributed by atoms with Gasteiger partial charge < -0.3 is 9.26 Å². The molecule has 7 heteroatoms. The fourth-order valence-electron chi connectivity index (χ4n) is 1.62. The first-order valence-corrected chi connectivity index (χ1v) is 6.24. The summed E-state index contributed by atoms with van der Waals surface area (Å²) in [4.78, 5) is 0. The summed E-state index contributed by atoms with van der Waals surface area (Å²) in [6, 6.07) is 0. The molecule has 0 aromatic heterocycles. The zero-order chi connectivity index (χ0) is 10.6. The van der Waals surface area contributed by atoms with Gasteiger partial charge in [0.25, 0.3) is 5.85 Å². The van der Waals surface area contributed by atoms with E-state index in [9.17, 15) is 13.3 Å². The van der Waals surface area contributed by atoms with Gasteiger partial charge in [0.2, 0.25) is 0 Å². The Morgan fingerprint density at radius 3 is 2.86 bits per heavy atom. The molecular formula is C7H11F2O4P. The van der Waals surface area contributed by atoms with Gasteiger partial charge in [-0.3, -0.25) is 9.09 Å². The highest BCUT2D eigenvalue weighted by molar-refractivity contribution is 7.53. The van der Waals surface area contributed by atoms with Crippen LogP contribution >= 0.6 is 7.60 Å². The van der Waals surface area contributed by atoms with E-state index in [0.717, 1.165) is 0 Å². The Labute approximate surface area is 80.1 Å². The van der Waals surface area contributed by atoms with Gasteiger partial charge in [-0.25, -0.2) is 8.78 Å². The van der Waals surface area contributed by atoms with Gasteiger partial charge in [0, 0.05) is 6.66 Å². The molecule has 0 aromatic rings. The number of fused-ring (bicyclic) bond motifs is 1. The Morgan fingerprint density at radius 1 is 1.57 bits per heavy atom. The maximum absolute atomic E-state index is 13.8. The highest BCUT2D eigenvalue weighted by atomic mass is 31.2. The largest absolute Gasteiger partial charge is 0.336 e. The highest BCUT2D eigenvalue weighted by Crippen LogP contribution is 2.55. The molecule has 1 unspecified atom stereocenters. The summed E-state index contributed by atoms with van der Waals surface area (Å²) < 4.78 is 52.6. The third-order valence-corrected chi connectivity index (χ3v) is 3.55. The fourth-order valence-corrected chi connectivity index (χ4v) is 2.78. The molecule has 0 amide bonds. The van der Waals surface area contributed by atoms with Gasteiger partial charge in [-0.2, -0.15) is 0 Å². The van der Waals surface area contributed by atoms with Crippen molar-refractivity contribution in [1.82, 2.24) is 0 Å². The van der Waals surface area contributed by atoms with Crippen LogP contribution < -0.4 is 0 Å². The summed E-state index contributed by atoms with van der Waals surface area (Å²) in [5, 5.41) is 0. The number of hydrogen-bond donors (Lipinski definition) is 0. The summed E-state index contributed by atoms with van der Waals surface area (Å²) in [6.07, 6.45) is -3.97. The standard InChI is InChI=1S/C7H11F2O4P/c1-4-5(8)6-7(9,12-4)3-11-14(2,10)13-6/h4-6H,3H2,1-2H3/t4-,5-,6-,7+,14?/m0/s1. The first kappa shape index (κ1) is 10.5. The lowest BCUT2D eigenvalue weighted by molar-refractivity contribution is -0.201. The Hall–Kier alpha value is -0.0300. The van der Waals surface area contributed by atoms with Crippen LogP contribution in [0, 0.1) is 0 Å². The third kappa shape index (κ3) is 1.50. The summed E-state index contributed by atoms with van der Waals surface area (Å²) >= 11 is 0. The molecule has 0 aromatic carbocycles. The minimum Gasteiger partial charge on any atom is -0.336 e. The van der Waals surface area contributed by atoms with Crippen LogP contribution in [0.3, 0.4) is 0 Å². The highest BCUT2D eigenvalue weighted by Gasteiger charge is 2.61. The Balaban J connectivity index is 2.25. The van der Waals surface area contributed by atoms with Crippen LogP contribution in [0.5, 0.6) is 0 Å². The van der Waals surface area contributed by atoms with Crippen molar-refractivity contribution in [3.8, 4) is 0 Å². The smallest absolute Gasteiger partial charge is 0.328 e. The zero-order valence-electron chi connectivity index (χ0n) is 7.78. The zero-order valence-corrected chi connectivity index (χ0v) is 8.67. The molecule has 0 saturated carbocycles. The molecule has 82 valence electrons. The molecule has 2 aliphatic rings. The van der Waals surface area contributed by atoms with Crippen LogP contribution in [0.1, 0.15) is 6.92 Å². The molecule has 2 aliphatic heterocycles. The lowest BCUT2D eigenvalue weighted by Gasteiger charge is -2.33. The first-order valence-electron chi connectivity index (χ1n) is 4.25. The topological polar surface area (TPSA) is 44.8 Å². The molecule has 2 rings (SSSR count). The normalized spacial score (nSPS) is 58.4. The van der Waals surface area contributed by atoms with E-state index < -0.39 is 38.4 Å². The molecule has 2 heterocycles. The van der Waals surface area contributed by atoms with Crippen molar-refractivity contribution in [3.05, 3.63) is 0 Å². The van der Waals surface area contributed by atoms with Gasteiger partial charge >= 0.3 is 7.60 Å². The molecule has 0 spiro atoms. The van der Waals surface area contributed by atoms with E-state index in [4.69, 9.17) is 9.26 Å². The van der Waals surface area contributed by atoms with Crippen LogP contribution in [0.4, 0.5) is 8.78 Å². The number of halogens is 2. The van der Waals surface area contributed by atoms with E-state index in [1.807, 2.05) is 0 Å². The van der Waals surface area contributed by atoms with E-state index in [1.165, 1.54) is 13.6 Å². The van der Waals surface area contributed by atoms with Gasteiger partial charge in [0.1, 0.15) is 6.61 Å². The minimum absolute atomic E-state index is 0.545. The van der Waals surface area contributed by atoms with Crippen LogP contribution in [0.25, 0.3) is 0 Å². The Bertz CT molecular complexity index is 299. The van der Waals surface area contributed by atoms with Gasteiger partial charge in [-0.1, -0.05) is 0 Å². The number of alkyl halides is 2. The quantitative estimate of drug-likeness (QED) is 0.591. The van der Waals surface area contributed by atoms with E-state index in [-0.39, 0.29) is 0 Å². The van der Waals surface area contributed by atoms with E-state index in [2.05, 4.69) is 4.52 Å². The molecule has 0 bridgehead atoms. The average Bonchev–Trinajstić information content (AvgIpc) is 2.27. The second kappa shape index (κ2) is 2.98. The maximum atomic E-state index is 13.8. The second-order valence-corrected chi connectivity index (χ2v) is 5.64. The van der Waals surface area contributed by atoms with Crippen molar-refractivity contribution in [2.75, 3.05) is 13.3 Å². The van der Waals surface area contributed by atoms with Crippen LogP contribution in [0.2, 0.25) is 0 Å². The van der Waals surface area contributed by atoms with Crippen molar-refractivity contribution < 1.29 is 27.1 Å². The van der Waals surface area contributed by atoms with E-state index in [1.54, 1.807) is 0 Å². The van der Waals surface area contributed by atoms with E-state index in [0.29, 0.717) is 0 Å². The van der Waals surface area contributed by atoms with Crippen LogP contribution in [0.15, 0.2) is 0 Å².